The molecule has 1 saturated heterocycles. The number of para-hydroxylation sites is 1. The van der Waals surface area contributed by atoms with Gasteiger partial charge in [-0.25, -0.2) is 9.78 Å². The Bertz CT molecular complexity index is 833. The molecule has 0 bridgehead atoms. The molecule has 1 aliphatic rings. The molecular formula is C21H26N4O4. The Morgan fingerprint density at radius 3 is 2.45 bits per heavy atom. The number of carbonyl (C=O) groups is 2. The van der Waals surface area contributed by atoms with Gasteiger partial charge in [-0.1, -0.05) is 18.2 Å². The van der Waals surface area contributed by atoms with Gasteiger partial charge in [-0.05, 0) is 25.1 Å². The first kappa shape index (κ1) is 20.4. The van der Waals surface area contributed by atoms with E-state index in [9.17, 15) is 9.59 Å². The molecule has 154 valence electrons. The second kappa shape index (κ2) is 9.77. The van der Waals surface area contributed by atoms with E-state index in [1.54, 1.807) is 42.2 Å². The smallest absolute Gasteiger partial charge is 0.409 e. The third-order valence-corrected chi connectivity index (χ3v) is 4.76. The van der Waals surface area contributed by atoms with E-state index in [4.69, 9.17) is 9.47 Å². The summed E-state index contributed by atoms with van der Waals surface area (Å²) in [5.41, 5.74) is 1.55. The normalized spacial score (nSPS) is 13.7. The van der Waals surface area contributed by atoms with Gasteiger partial charge in [0.25, 0.3) is 5.91 Å². The number of benzene rings is 1. The van der Waals surface area contributed by atoms with Crippen molar-refractivity contribution in [3.63, 3.8) is 0 Å². The van der Waals surface area contributed by atoms with Gasteiger partial charge < -0.3 is 24.6 Å². The maximum Gasteiger partial charge on any atom is 0.409 e. The van der Waals surface area contributed by atoms with Gasteiger partial charge >= 0.3 is 6.09 Å². The molecule has 0 atom stereocenters. The Balaban J connectivity index is 1.53. The molecule has 1 aliphatic heterocycles. The van der Waals surface area contributed by atoms with Crippen molar-refractivity contribution in [2.24, 2.45) is 0 Å². The average Bonchev–Trinajstić information content (AvgIpc) is 2.78. The summed E-state index contributed by atoms with van der Waals surface area (Å²) in [5, 5.41) is 3.24. The first-order chi connectivity index (χ1) is 14.1. The van der Waals surface area contributed by atoms with Gasteiger partial charge in [-0.2, -0.15) is 0 Å². The zero-order chi connectivity index (χ0) is 20.6. The van der Waals surface area contributed by atoms with E-state index in [2.05, 4.69) is 10.3 Å². The average molecular weight is 398 g/mol. The molecule has 1 aromatic heterocycles. The fourth-order valence-electron chi connectivity index (χ4n) is 3.15. The molecule has 3 rings (SSSR count). The second-order valence-electron chi connectivity index (χ2n) is 6.58. The van der Waals surface area contributed by atoms with Crippen molar-refractivity contribution in [3.05, 3.63) is 53.7 Å². The highest BCUT2D eigenvalue weighted by atomic mass is 16.6. The number of hydrogen-bond acceptors (Lipinski definition) is 6. The fourth-order valence-corrected chi connectivity index (χ4v) is 3.15. The van der Waals surface area contributed by atoms with E-state index in [1.165, 1.54) is 0 Å². The summed E-state index contributed by atoms with van der Waals surface area (Å²) < 4.78 is 10.3. The van der Waals surface area contributed by atoms with E-state index in [0.29, 0.717) is 50.7 Å². The number of nitrogens with zero attached hydrogens (tertiary/aromatic N) is 3. The predicted molar refractivity (Wildman–Crippen MR) is 109 cm³/mol. The minimum absolute atomic E-state index is 0.0858. The van der Waals surface area contributed by atoms with Crippen LogP contribution in [0.2, 0.25) is 0 Å². The predicted octanol–water partition coefficient (Wildman–Crippen LogP) is 2.62. The molecule has 2 aromatic rings. The van der Waals surface area contributed by atoms with Crippen LogP contribution in [0.4, 0.5) is 10.6 Å². The summed E-state index contributed by atoms with van der Waals surface area (Å²) in [4.78, 5) is 32.2. The lowest BCUT2D eigenvalue weighted by atomic mass is 10.2. The van der Waals surface area contributed by atoms with Crippen molar-refractivity contribution in [2.75, 3.05) is 45.2 Å². The topological polar surface area (TPSA) is 84.0 Å². The van der Waals surface area contributed by atoms with Gasteiger partial charge in [0, 0.05) is 44.5 Å². The van der Waals surface area contributed by atoms with E-state index >= 15 is 0 Å². The molecule has 0 radical (unpaired) electrons. The van der Waals surface area contributed by atoms with Crippen LogP contribution in [-0.4, -0.2) is 66.7 Å². The molecule has 0 aliphatic carbocycles. The number of ether oxygens (including phenoxy) is 2. The lowest BCUT2D eigenvalue weighted by Crippen LogP contribution is -2.50. The Morgan fingerprint density at radius 1 is 1.07 bits per heavy atom. The van der Waals surface area contributed by atoms with Crippen LogP contribution in [0.3, 0.4) is 0 Å². The molecule has 2 amide bonds. The zero-order valence-electron chi connectivity index (χ0n) is 16.8. The van der Waals surface area contributed by atoms with Gasteiger partial charge in [0.05, 0.1) is 19.3 Å². The van der Waals surface area contributed by atoms with Crippen LogP contribution in [0.15, 0.2) is 42.6 Å². The standard InChI is InChI=1S/C21H26N4O4/c1-3-29-21(27)25-12-10-24(11-13-25)20(26)17-8-9-19(23-15-17)22-14-16-6-4-5-7-18(16)28-2/h4-9,15H,3,10-14H2,1-2H3,(H,22,23). The van der Waals surface area contributed by atoms with Crippen LogP contribution in [0.25, 0.3) is 0 Å². The van der Waals surface area contributed by atoms with Gasteiger partial charge in [0.15, 0.2) is 0 Å². The van der Waals surface area contributed by atoms with Crippen molar-refractivity contribution in [1.29, 1.82) is 0 Å². The van der Waals surface area contributed by atoms with Crippen LogP contribution in [-0.2, 0) is 11.3 Å². The summed E-state index contributed by atoms with van der Waals surface area (Å²) in [6.07, 6.45) is 1.25. The first-order valence-corrected chi connectivity index (χ1v) is 9.65. The molecule has 8 nitrogen and oxygen atoms in total. The highest BCUT2D eigenvalue weighted by Crippen LogP contribution is 2.18. The summed E-state index contributed by atoms with van der Waals surface area (Å²) in [6.45, 7) is 4.59. The third kappa shape index (κ3) is 5.16. The van der Waals surface area contributed by atoms with Gasteiger partial charge in [0.1, 0.15) is 11.6 Å². The Morgan fingerprint density at radius 2 is 1.79 bits per heavy atom. The summed E-state index contributed by atoms with van der Waals surface area (Å²) in [7, 11) is 1.64. The van der Waals surface area contributed by atoms with Crippen molar-refractivity contribution in [3.8, 4) is 5.75 Å². The van der Waals surface area contributed by atoms with E-state index < -0.39 is 0 Å². The number of rotatable bonds is 6. The minimum Gasteiger partial charge on any atom is -0.496 e. The van der Waals surface area contributed by atoms with Crippen LogP contribution >= 0.6 is 0 Å². The summed E-state index contributed by atoms with van der Waals surface area (Å²) in [6, 6.07) is 11.3. The van der Waals surface area contributed by atoms with Crippen molar-refractivity contribution in [1.82, 2.24) is 14.8 Å². The first-order valence-electron chi connectivity index (χ1n) is 9.65. The Hall–Kier alpha value is -3.29. The molecule has 2 heterocycles. The second-order valence-corrected chi connectivity index (χ2v) is 6.58. The third-order valence-electron chi connectivity index (χ3n) is 4.76. The molecule has 0 unspecified atom stereocenters. The highest BCUT2D eigenvalue weighted by molar-refractivity contribution is 5.94. The van der Waals surface area contributed by atoms with E-state index in [0.717, 1.165) is 11.3 Å². The number of amides is 2. The SMILES string of the molecule is CCOC(=O)N1CCN(C(=O)c2ccc(NCc3ccccc3OC)nc2)CC1. The Labute approximate surface area is 170 Å². The van der Waals surface area contributed by atoms with Crippen LogP contribution < -0.4 is 10.1 Å². The molecule has 1 N–H and O–H groups in total. The van der Waals surface area contributed by atoms with Crippen molar-refractivity contribution in [2.45, 2.75) is 13.5 Å². The quantitative estimate of drug-likeness (QED) is 0.805. The minimum atomic E-state index is -0.327. The van der Waals surface area contributed by atoms with Crippen LogP contribution in [0.5, 0.6) is 5.75 Å². The Kier molecular flexibility index (Phi) is 6.89. The van der Waals surface area contributed by atoms with Crippen LogP contribution in [0, 0.1) is 0 Å². The molecule has 0 spiro atoms. The summed E-state index contributed by atoms with van der Waals surface area (Å²) >= 11 is 0. The number of carbonyl (C=O) groups excluding carboxylic acids is 2. The fraction of sp³-hybridized carbons (Fsp3) is 0.381. The van der Waals surface area contributed by atoms with Gasteiger partial charge in [-0.3, -0.25) is 4.79 Å². The summed E-state index contributed by atoms with van der Waals surface area (Å²) in [5.74, 6) is 1.41. The number of piperazine rings is 1. The number of nitrogens with one attached hydrogen (secondary N) is 1. The number of pyridine rings is 1. The lowest BCUT2D eigenvalue weighted by Gasteiger charge is -2.34. The molecular weight excluding hydrogens is 372 g/mol. The lowest BCUT2D eigenvalue weighted by molar-refractivity contribution is 0.0570. The number of aromatic nitrogens is 1. The van der Waals surface area contributed by atoms with Gasteiger partial charge in [0.2, 0.25) is 0 Å². The largest absolute Gasteiger partial charge is 0.496 e. The monoisotopic (exact) mass is 398 g/mol. The zero-order valence-corrected chi connectivity index (χ0v) is 16.8. The maximum atomic E-state index is 12.7. The number of methoxy groups -OCH3 is 1. The van der Waals surface area contributed by atoms with Crippen molar-refractivity contribution < 1.29 is 19.1 Å². The van der Waals surface area contributed by atoms with E-state index in [1.807, 2.05) is 24.3 Å². The van der Waals surface area contributed by atoms with Crippen molar-refractivity contribution >= 4 is 17.8 Å². The molecule has 29 heavy (non-hydrogen) atoms. The highest BCUT2D eigenvalue weighted by Gasteiger charge is 2.25. The molecule has 1 fully saturated rings. The molecule has 0 saturated carbocycles. The molecule has 8 heteroatoms. The number of anilines is 1. The van der Waals surface area contributed by atoms with Crippen LogP contribution in [0.1, 0.15) is 22.8 Å². The number of hydrogen-bond donors (Lipinski definition) is 1. The van der Waals surface area contributed by atoms with E-state index in [-0.39, 0.29) is 12.0 Å². The maximum absolute atomic E-state index is 12.7. The molecule has 1 aromatic carbocycles. The van der Waals surface area contributed by atoms with Gasteiger partial charge in [-0.15, -0.1) is 0 Å².